The topological polar surface area (TPSA) is 47.3 Å². The van der Waals surface area contributed by atoms with Crippen LogP contribution < -0.4 is 0 Å². The zero-order valence-electron chi connectivity index (χ0n) is 7.86. The maximum Gasteiger partial charge on any atom is 0.135 e. The summed E-state index contributed by atoms with van der Waals surface area (Å²) in [5, 5.41) is 8.59. The fourth-order valence-electron chi connectivity index (χ4n) is 1.41. The molecule has 0 fully saturated rings. The molecule has 0 saturated heterocycles. The average molecular weight is 192 g/mol. The monoisotopic (exact) mass is 192 g/mol. The Balaban J connectivity index is 2.19. The molecule has 1 aromatic rings. The minimum Gasteiger partial charge on any atom is -0.395 e. The van der Waals surface area contributed by atoms with E-state index in [4.69, 9.17) is 9.84 Å². The molecule has 1 aliphatic heterocycles. The van der Waals surface area contributed by atoms with Gasteiger partial charge < -0.3 is 14.4 Å². The van der Waals surface area contributed by atoms with E-state index >= 15 is 0 Å². The van der Waals surface area contributed by atoms with Crippen molar-refractivity contribution < 1.29 is 9.84 Å². The van der Waals surface area contributed by atoms with Gasteiger partial charge in [-0.2, -0.15) is 0 Å². The zero-order chi connectivity index (χ0) is 9.80. The van der Waals surface area contributed by atoms with Crippen LogP contribution in [0.5, 0.6) is 0 Å². The Morgan fingerprint density at radius 3 is 3.43 bits per heavy atom. The van der Waals surface area contributed by atoms with Gasteiger partial charge in [0, 0.05) is 13.0 Å². The second kappa shape index (κ2) is 4.27. The van der Waals surface area contributed by atoms with Crippen molar-refractivity contribution in [3.05, 3.63) is 17.7 Å². The van der Waals surface area contributed by atoms with Gasteiger partial charge in [0.05, 0.1) is 19.4 Å². The Morgan fingerprint density at radius 1 is 1.64 bits per heavy atom. The minimum atomic E-state index is 0.108. The standard InChI is InChI=1S/C10H12N2O2/c13-5-2-1-3-9-7-11-10-8-14-6-4-12(9)10/h7,13H,2,4-6,8H2. The molecule has 0 atom stereocenters. The number of aliphatic hydroxyl groups excluding tert-OH is 1. The first-order chi connectivity index (χ1) is 6.92. The first kappa shape index (κ1) is 9.25. The first-order valence-corrected chi connectivity index (χ1v) is 4.63. The van der Waals surface area contributed by atoms with Crippen LogP contribution in [0.3, 0.4) is 0 Å². The summed E-state index contributed by atoms with van der Waals surface area (Å²) >= 11 is 0. The molecular weight excluding hydrogens is 180 g/mol. The molecule has 0 aromatic carbocycles. The van der Waals surface area contributed by atoms with Gasteiger partial charge in [0.15, 0.2) is 0 Å². The second-order valence-electron chi connectivity index (χ2n) is 3.04. The van der Waals surface area contributed by atoms with E-state index in [0.717, 1.165) is 24.7 Å². The highest BCUT2D eigenvalue weighted by Gasteiger charge is 2.12. The van der Waals surface area contributed by atoms with E-state index in [1.807, 2.05) is 0 Å². The van der Waals surface area contributed by atoms with Crippen LogP contribution in [0.2, 0.25) is 0 Å². The SMILES string of the molecule is OCCC#Cc1cnc2n1CCOC2. The van der Waals surface area contributed by atoms with E-state index in [0.29, 0.717) is 13.0 Å². The van der Waals surface area contributed by atoms with Gasteiger partial charge in [0.1, 0.15) is 18.1 Å². The Kier molecular flexibility index (Phi) is 2.82. The van der Waals surface area contributed by atoms with Crippen molar-refractivity contribution in [3.63, 3.8) is 0 Å². The van der Waals surface area contributed by atoms with Crippen molar-refractivity contribution in [2.24, 2.45) is 0 Å². The lowest BCUT2D eigenvalue weighted by Gasteiger charge is -2.14. The lowest BCUT2D eigenvalue weighted by Crippen LogP contribution is -2.17. The van der Waals surface area contributed by atoms with E-state index in [-0.39, 0.29) is 6.61 Å². The molecule has 0 spiro atoms. The van der Waals surface area contributed by atoms with E-state index in [9.17, 15) is 0 Å². The molecule has 1 aromatic heterocycles. The number of aromatic nitrogens is 2. The third-order valence-corrected chi connectivity index (χ3v) is 2.08. The maximum absolute atomic E-state index is 8.59. The van der Waals surface area contributed by atoms with Gasteiger partial charge in [0.25, 0.3) is 0 Å². The number of imidazole rings is 1. The molecule has 2 heterocycles. The number of ether oxygens (including phenoxy) is 1. The molecule has 0 saturated carbocycles. The third-order valence-electron chi connectivity index (χ3n) is 2.08. The summed E-state index contributed by atoms with van der Waals surface area (Å²) in [5.41, 5.74) is 0.914. The van der Waals surface area contributed by atoms with Crippen LogP contribution >= 0.6 is 0 Å². The van der Waals surface area contributed by atoms with Gasteiger partial charge in [-0.1, -0.05) is 5.92 Å². The summed E-state index contributed by atoms with van der Waals surface area (Å²) in [6.07, 6.45) is 2.27. The van der Waals surface area contributed by atoms with Gasteiger partial charge in [-0.25, -0.2) is 4.98 Å². The fraction of sp³-hybridized carbons (Fsp3) is 0.500. The summed E-state index contributed by atoms with van der Waals surface area (Å²) < 4.78 is 7.33. The van der Waals surface area contributed by atoms with Crippen LogP contribution in [0.1, 0.15) is 17.9 Å². The minimum absolute atomic E-state index is 0.108. The molecule has 1 aliphatic rings. The highest BCUT2D eigenvalue weighted by Crippen LogP contribution is 2.10. The van der Waals surface area contributed by atoms with Crippen LogP contribution in [-0.2, 0) is 17.9 Å². The molecule has 14 heavy (non-hydrogen) atoms. The Labute approximate surface area is 82.5 Å². The summed E-state index contributed by atoms with van der Waals surface area (Å²) in [5.74, 6) is 6.81. The molecule has 2 rings (SSSR count). The number of nitrogens with zero attached hydrogens (tertiary/aromatic N) is 2. The predicted octanol–water partition coefficient (Wildman–Crippen LogP) is 0.147. The zero-order valence-corrected chi connectivity index (χ0v) is 7.86. The quantitative estimate of drug-likeness (QED) is 0.644. The number of hydrogen-bond donors (Lipinski definition) is 1. The third kappa shape index (κ3) is 1.79. The van der Waals surface area contributed by atoms with E-state index in [1.165, 1.54) is 0 Å². The first-order valence-electron chi connectivity index (χ1n) is 4.63. The van der Waals surface area contributed by atoms with Crippen LogP contribution in [0, 0.1) is 11.8 Å². The summed E-state index contributed by atoms with van der Waals surface area (Å²) in [6, 6.07) is 0. The van der Waals surface area contributed by atoms with Crippen molar-refractivity contribution in [1.82, 2.24) is 9.55 Å². The van der Waals surface area contributed by atoms with E-state index in [1.54, 1.807) is 6.20 Å². The molecule has 1 N–H and O–H groups in total. The van der Waals surface area contributed by atoms with Crippen LogP contribution in [0.4, 0.5) is 0 Å². The molecule has 74 valence electrons. The lowest BCUT2D eigenvalue weighted by molar-refractivity contribution is 0.0813. The average Bonchev–Trinajstić information content (AvgIpc) is 2.63. The van der Waals surface area contributed by atoms with E-state index < -0.39 is 0 Å². The molecule has 0 aliphatic carbocycles. The maximum atomic E-state index is 8.59. The number of fused-ring (bicyclic) bond motifs is 1. The molecule has 0 amide bonds. The van der Waals surface area contributed by atoms with Crippen molar-refractivity contribution >= 4 is 0 Å². The molecular formula is C10H12N2O2. The smallest absolute Gasteiger partial charge is 0.135 e. The van der Waals surface area contributed by atoms with Gasteiger partial charge in [-0.05, 0) is 5.92 Å². The van der Waals surface area contributed by atoms with Crippen LogP contribution in [0.15, 0.2) is 6.20 Å². The van der Waals surface area contributed by atoms with Crippen molar-refractivity contribution in [1.29, 1.82) is 0 Å². The number of rotatable bonds is 1. The molecule has 4 heteroatoms. The summed E-state index contributed by atoms with van der Waals surface area (Å²) in [6.45, 7) is 2.22. The Hall–Kier alpha value is -1.31. The highest BCUT2D eigenvalue weighted by atomic mass is 16.5. The number of aliphatic hydroxyl groups is 1. The van der Waals surface area contributed by atoms with E-state index in [2.05, 4.69) is 21.4 Å². The summed E-state index contributed by atoms with van der Waals surface area (Å²) in [4.78, 5) is 4.21. The molecule has 0 radical (unpaired) electrons. The molecule has 4 nitrogen and oxygen atoms in total. The van der Waals surface area contributed by atoms with Crippen molar-refractivity contribution in [3.8, 4) is 11.8 Å². The van der Waals surface area contributed by atoms with Gasteiger partial charge in [0.2, 0.25) is 0 Å². The van der Waals surface area contributed by atoms with Crippen molar-refractivity contribution in [2.45, 2.75) is 19.6 Å². The largest absolute Gasteiger partial charge is 0.395 e. The Bertz CT molecular complexity index is 373. The second-order valence-corrected chi connectivity index (χ2v) is 3.04. The van der Waals surface area contributed by atoms with Gasteiger partial charge in [-0.3, -0.25) is 0 Å². The van der Waals surface area contributed by atoms with Crippen LogP contribution in [0.25, 0.3) is 0 Å². The number of hydrogen-bond acceptors (Lipinski definition) is 3. The van der Waals surface area contributed by atoms with Crippen LogP contribution in [-0.4, -0.2) is 27.9 Å². The predicted molar refractivity (Wildman–Crippen MR) is 50.5 cm³/mol. The summed E-state index contributed by atoms with van der Waals surface area (Å²) in [7, 11) is 0. The molecule has 0 bridgehead atoms. The highest BCUT2D eigenvalue weighted by molar-refractivity contribution is 5.28. The fourth-order valence-corrected chi connectivity index (χ4v) is 1.41. The van der Waals surface area contributed by atoms with Crippen molar-refractivity contribution in [2.75, 3.05) is 13.2 Å². The van der Waals surface area contributed by atoms with Gasteiger partial charge in [-0.15, -0.1) is 0 Å². The normalized spacial score (nSPS) is 14.4. The molecule has 0 unspecified atom stereocenters. The Morgan fingerprint density at radius 2 is 2.57 bits per heavy atom. The lowest BCUT2D eigenvalue weighted by atomic mass is 10.4. The van der Waals surface area contributed by atoms with Gasteiger partial charge >= 0.3 is 0 Å².